The lowest BCUT2D eigenvalue weighted by atomic mass is 10.1. The Morgan fingerprint density at radius 1 is 0.828 bits per heavy atom. The number of hydrogen-bond donors (Lipinski definition) is 2. The topological polar surface area (TPSA) is 71.1 Å². The molecule has 0 unspecified atom stereocenters. The van der Waals surface area contributed by atoms with Crippen molar-refractivity contribution >= 4 is 23.2 Å². The number of anilines is 2. The summed E-state index contributed by atoms with van der Waals surface area (Å²) in [5.41, 5.74) is 1.94. The zero-order valence-electron chi connectivity index (χ0n) is 15.5. The van der Waals surface area contributed by atoms with Gasteiger partial charge in [-0.2, -0.15) is 0 Å². The van der Waals surface area contributed by atoms with Gasteiger partial charge in [0.1, 0.15) is 5.69 Å². The van der Waals surface area contributed by atoms with E-state index in [2.05, 4.69) is 15.6 Å². The predicted molar refractivity (Wildman–Crippen MR) is 102 cm³/mol. The van der Waals surface area contributed by atoms with Crippen LogP contribution in [0, 0.1) is 31.3 Å². The van der Waals surface area contributed by atoms with E-state index in [9.17, 15) is 22.8 Å². The van der Waals surface area contributed by atoms with Crippen molar-refractivity contribution in [2.75, 3.05) is 10.6 Å². The highest BCUT2D eigenvalue weighted by Crippen LogP contribution is 2.21. The summed E-state index contributed by atoms with van der Waals surface area (Å²) in [7, 11) is 0. The largest absolute Gasteiger partial charge is 0.320 e. The molecule has 148 valence electrons. The molecular weight excluding hydrogens is 383 g/mol. The molecule has 1 heterocycles. The van der Waals surface area contributed by atoms with Gasteiger partial charge in [-0.25, -0.2) is 13.2 Å². The van der Waals surface area contributed by atoms with E-state index in [0.29, 0.717) is 11.8 Å². The van der Waals surface area contributed by atoms with Crippen molar-refractivity contribution in [2.45, 2.75) is 13.8 Å². The molecule has 0 saturated carbocycles. The predicted octanol–water partition coefficient (Wildman–Crippen LogP) is 4.62. The van der Waals surface area contributed by atoms with Gasteiger partial charge < -0.3 is 10.6 Å². The van der Waals surface area contributed by atoms with Gasteiger partial charge in [-0.15, -0.1) is 0 Å². The summed E-state index contributed by atoms with van der Waals surface area (Å²) in [4.78, 5) is 28.7. The molecule has 2 amide bonds. The maximum absolute atomic E-state index is 13.7. The van der Waals surface area contributed by atoms with Gasteiger partial charge in [-0.05, 0) is 49.7 Å². The summed E-state index contributed by atoms with van der Waals surface area (Å²) >= 11 is 0. The highest BCUT2D eigenvalue weighted by Gasteiger charge is 2.17. The minimum Gasteiger partial charge on any atom is -0.320 e. The second kappa shape index (κ2) is 8.14. The van der Waals surface area contributed by atoms with Crippen LogP contribution in [0.2, 0.25) is 0 Å². The van der Waals surface area contributed by atoms with E-state index >= 15 is 0 Å². The SMILES string of the molecule is Cc1ccc(NC(=O)c2cc(C(=O)Nc3ccc(F)c(F)c3F)ccn2)c(C)c1. The second-order valence-corrected chi connectivity index (χ2v) is 6.38. The standard InChI is InChI=1S/C21H16F3N3O2/c1-11-3-5-15(12(2)9-11)26-21(29)17-10-13(7-8-25-17)20(28)27-16-6-4-14(22)18(23)19(16)24/h3-10H,1-2H3,(H,26,29)(H,27,28). The van der Waals surface area contributed by atoms with E-state index in [1.807, 2.05) is 26.0 Å². The molecule has 29 heavy (non-hydrogen) atoms. The Morgan fingerprint density at radius 2 is 1.52 bits per heavy atom. The summed E-state index contributed by atoms with van der Waals surface area (Å²) in [5.74, 6) is -5.91. The number of benzene rings is 2. The zero-order valence-corrected chi connectivity index (χ0v) is 15.5. The Labute approximate surface area is 164 Å². The van der Waals surface area contributed by atoms with Crippen LogP contribution in [0.1, 0.15) is 32.0 Å². The van der Waals surface area contributed by atoms with Crippen molar-refractivity contribution in [3.63, 3.8) is 0 Å². The number of carbonyl (C=O) groups is 2. The lowest BCUT2D eigenvalue weighted by molar-refractivity contribution is 0.102. The van der Waals surface area contributed by atoms with Crippen molar-refractivity contribution in [1.82, 2.24) is 4.98 Å². The Kier molecular flexibility index (Phi) is 5.63. The lowest BCUT2D eigenvalue weighted by Crippen LogP contribution is -2.18. The molecule has 0 atom stereocenters. The maximum atomic E-state index is 13.7. The van der Waals surface area contributed by atoms with Gasteiger partial charge in [0, 0.05) is 17.4 Å². The first-order chi connectivity index (χ1) is 13.8. The average molecular weight is 399 g/mol. The molecule has 0 aliphatic carbocycles. The van der Waals surface area contributed by atoms with Crippen LogP contribution < -0.4 is 10.6 Å². The molecule has 0 spiro atoms. The first-order valence-corrected chi connectivity index (χ1v) is 8.56. The number of carbonyl (C=O) groups excluding carboxylic acids is 2. The van der Waals surface area contributed by atoms with Crippen molar-refractivity contribution in [3.05, 3.63) is 88.5 Å². The van der Waals surface area contributed by atoms with Gasteiger partial charge in [0.2, 0.25) is 0 Å². The van der Waals surface area contributed by atoms with Crippen molar-refractivity contribution in [3.8, 4) is 0 Å². The lowest BCUT2D eigenvalue weighted by Gasteiger charge is -2.10. The van der Waals surface area contributed by atoms with Gasteiger partial charge in [0.15, 0.2) is 17.5 Å². The third-order valence-electron chi connectivity index (χ3n) is 4.17. The average Bonchev–Trinajstić information content (AvgIpc) is 2.70. The Bertz CT molecular complexity index is 1120. The summed E-state index contributed by atoms with van der Waals surface area (Å²) in [6, 6.07) is 9.63. The van der Waals surface area contributed by atoms with E-state index in [-0.39, 0.29) is 11.3 Å². The van der Waals surface area contributed by atoms with E-state index in [0.717, 1.165) is 17.2 Å². The highest BCUT2D eigenvalue weighted by molar-refractivity contribution is 6.08. The number of halogens is 3. The van der Waals surface area contributed by atoms with Crippen LogP contribution in [0.5, 0.6) is 0 Å². The number of rotatable bonds is 4. The van der Waals surface area contributed by atoms with E-state index in [4.69, 9.17) is 0 Å². The molecule has 2 aromatic carbocycles. The van der Waals surface area contributed by atoms with Crippen molar-refractivity contribution in [1.29, 1.82) is 0 Å². The molecule has 2 N–H and O–H groups in total. The number of aromatic nitrogens is 1. The molecule has 0 fully saturated rings. The molecular formula is C21H16F3N3O2. The molecule has 0 radical (unpaired) electrons. The quantitative estimate of drug-likeness (QED) is 0.629. The number of nitrogens with zero attached hydrogens (tertiary/aromatic N) is 1. The fourth-order valence-electron chi connectivity index (χ4n) is 2.65. The van der Waals surface area contributed by atoms with Gasteiger partial charge >= 0.3 is 0 Å². The zero-order chi connectivity index (χ0) is 21.1. The van der Waals surface area contributed by atoms with Crippen molar-refractivity contribution < 1.29 is 22.8 Å². The fraction of sp³-hybridized carbons (Fsp3) is 0.0952. The first-order valence-electron chi connectivity index (χ1n) is 8.56. The van der Waals surface area contributed by atoms with E-state index in [1.54, 1.807) is 6.07 Å². The first kappa shape index (κ1) is 20.1. The minimum atomic E-state index is -1.69. The van der Waals surface area contributed by atoms with Gasteiger partial charge in [-0.1, -0.05) is 17.7 Å². The van der Waals surface area contributed by atoms with Gasteiger partial charge in [0.05, 0.1) is 5.69 Å². The molecule has 8 heteroatoms. The normalized spacial score (nSPS) is 10.5. The van der Waals surface area contributed by atoms with Gasteiger partial charge in [0.25, 0.3) is 11.8 Å². The number of aryl methyl sites for hydroxylation is 2. The van der Waals surface area contributed by atoms with Crippen LogP contribution >= 0.6 is 0 Å². The Hall–Kier alpha value is -3.68. The minimum absolute atomic E-state index is 0.00471. The summed E-state index contributed by atoms with van der Waals surface area (Å²) in [6.45, 7) is 3.77. The molecule has 0 saturated heterocycles. The molecule has 0 aliphatic rings. The van der Waals surface area contributed by atoms with Crippen LogP contribution in [0.4, 0.5) is 24.5 Å². The monoisotopic (exact) mass is 399 g/mol. The summed E-state index contributed by atoms with van der Waals surface area (Å²) < 4.78 is 40.1. The molecule has 0 bridgehead atoms. The van der Waals surface area contributed by atoms with Crippen LogP contribution in [0.3, 0.4) is 0 Å². The van der Waals surface area contributed by atoms with Crippen LogP contribution in [-0.4, -0.2) is 16.8 Å². The molecule has 3 rings (SSSR count). The smallest absolute Gasteiger partial charge is 0.274 e. The fourth-order valence-corrected chi connectivity index (χ4v) is 2.65. The number of nitrogens with one attached hydrogen (secondary N) is 2. The maximum Gasteiger partial charge on any atom is 0.274 e. The Morgan fingerprint density at radius 3 is 2.24 bits per heavy atom. The highest BCUT2D eigenvalue weighted by atomic mass is 19.2. The third-order valence-corrected chi connectivity index (χ3v) is 4.17. The number of hydrogen-bond acceptors (Lipinski definition) is 3. The van der Waals surface area contributed by atoms with Crippen LogP contribution in [0.25, 0.3) is 0 Å². The second-order valence-electron chi connectivity index (χ2n) is 6.38. The molecule has 3 aromatic rings. The molecule has 0 aliphatic heterocycles. The Balaban J connectivity index is 1.79. The van der Waals surface area contributed by atoms with Gasteiger partial charge in [-0.3, -0.25) is 14.6 Å². The van der Waals surface area contributed by atoms with Crippen LogP contribution in [0.15, 0.2) is 48.7 Å². The van der Waals surface area contributed by atoms with E-state index < -0.39 is 35.0 Å². The molecule has 5 nitrogen and oxygen atoms in total. The summed E-state index contributed by atoms with van der Waals surface area (Å²) in [6.07, 6.45) is 1.24. The number of amides is 2. The molecule has 1 aromatic heterocycles. The van der Waals surface area contributed by atoms with Crippen LogP contribution in [-0.2, 0) is 0 Å². The van der Waals surface area contributed by atoms with E-state index in [1.165, 1.54) is 18.3 Å². The van der Waals surface area contributed by atoms with Crippen molar-refractivity contribution in [2.24, 2.45) is 0 Å². The number of pyridine rings is 1. The summed E-state index contributed by atoms with van der Waals surface area (Å²) in [5, 5.41) is 4.85. The third kappa shape index (κ3) is 4.43.